The molecule has 1 aliphatic rings. The van der Waals surface area contributed by atoms with Crippen LogP contribution in [-0.2, 0) is 5.41 Å². The van der Waals surface area contributed by atoms with Gasteiger partial charge in [-0.15, -0.1) is 0 Å². The first kappa shape index (κ1) is 13.1. The monoisotopic (exact) mass is 288 g/mol. The second kappa shape index (κ2) is 4.56. The van der Waals surface area contributed by atoms with E-state index in [-0.39, 0.29) is 11.1 Å². The van der Waals surface area contributed by atoms with Crippen LogP contribution in [0.25, 0.3) is 11.3 Å². The Morgan fingerprint density at radius 1 is 1.30 bits per heavy atom. The number of hydrogen-bond donors (Lipinski definition) is 1. The van der Waals surface area contributed by atoms with Gasteiger partial charge in [0.05, 0.1) is 5.69 Å². The Morgan fingerprint density at radius 3 is 2.65 bits per heavy atom. The molecule has 102 valence electrons. The van der Waals surface area contributed by atoms with Crippen molar-refractivity contribution in [2.24, 2.45) is 0 Å². The van der Waals surface area contributed by atoms with Gasteiger partial charge in [0.1, 0.15) is 6.33 Å². The summed E-state index contributed by atoms with van der Waals surface area (Å²) in [5, 5.41) is 9.66. The molecule has 0 unspecified atom stereocenters. The van der Waals surface area contributed by atoms with E-state index in [0.717, 1.165) is 24.0 Å². The van der Waals surface area contributed by atoms with Gasteiger partial charge in [-0.2, -0.15) is 0 Å². The summed E-state index contributed by atoms with van der Waals surface area (Å²) in [5.41, 5.74) is 2.69. The van der Waals surface area contributed by atoms with Crippen molar-refractivity contribution < 1.29 is 9.90 Å². The first-order valence-corrected chi connectivity index (χ1v) is 6.73. The van der Waals surface area contributed by atoms with Crippen LogP contribution in [0, 0.1) is 0 Å². The van der Waals surface area contributed by atoms with E-state index in [1.165, 1.54) is 12.4 Å². The van der Waals surface area contributed by atoms with Gasteiger partial charge in [-0.3, -0.25) is 0 Å². The Kier molecular flexibility index (Phi) is 2.98. The smallest absolute Gasteiger partial charge is 0.354 e. The van der Waals surface area contributed by atoms with E-state index in [2.05, 4.69) is 16.9 Å². The molecular weight excluding hydrogens is 276 g/mol. The molecule has 0 bridgehead atoms. The molecule has 0 spiro atoms. The molecule has 1 heterocycles. The second-order valence-electron chi connectivity index (χ2n) is 5.35. The maximum absolute atomic E-state index is 10.9. The number of halogens is 1. The largest absolute Gasteiger partial charge is 0.477 e. The molecule has 3 rings (SSSR count). The van der Waals surface area contributed by atoms with Crippen LogP contribution in [0.3, 0.4) is 0 Å². The van der Waals surface area contributed by atoms with Crippen LogP contribution in [0.4, 0.5) is 0 Å². The summed E-state index contributed by atoms with van der Waals surface area (Å²) in [6.07, 6.45) is 3.56. The molecular formula is C15H13ClN2O2. The summed E-state index contributed by atoms with van der Waals surface area (Å²) < 4.78 is 0. The number of aromatic carboxylic acids is 1. The molecule has 1 saturated carbocycles. The van der Waals surface area contributed by atoms with E-state index in [1.54, 1.807) is 0 Å². The predicted molar refractivity (Wildman–Crippen MR) is 76.0 cm³/mol. The summed E-state index contributed by atoms with van der Waals surface area (Å²) in [5.74, 6) is -1.07. The van der Waals surface area contributed by atoms with Crippen molar-refractivity contribution >= 4 is 17.6 Å². The van der Waals surface area contributed by atoms with E-state index in [0.29, 0.717) is 10.7 Å². The Hall–Kier alpha value is -1.94. The number of nitrogens with zero attached hydrogens (tertiary/aromatic N) is 2. The maximum atomic E-state index is 10.9. The van der Waals surface area contributed by atoms with E-state index in [9.17, 15) is 4.79 Å². The van der Waals surface area contributed by atoms with Crippen LogP contribution in [0.5, 0.6) is 0 Å². The van der Waals surface area contributed by atoms with Crippen LogP contribution >= 0.6 is 11.6 Å². The molecule has 2 aromatic rings. The van der Waals surface area contributed by atoms with Crippen LogP contribution in [0.1, 0.15) is 35.8 Å². The highest BCUT2D eigenvalue weighted by molar-refractivity contribution is 6.31. The van der Waals surface area contributed by atoms with Crippen molar-refractivity contribution in [2.45, 2.75) is 25.2 Å². The fraction of sp³-hybridized carbons (Fsp3) is 0.267. The van der Waals surface area contributed by atoms with Gasteiger partial charge in [0.25, 0.3) is 0 Å². The van der Waals surface area contributed by atoms with Crippen molar-refractivity contribution in [1.82, 2.24) is 9.97 Å². The SMILES string of the molecule is CC1(c2ccc(-c3cc(C(=O)O)ncn3)cc2Cl)CC1. The van der Waals surface area contributed by atoms with Crippen molar-refractivity contribution in [3.63, 3.8) is 0 Å². The highest BCUT2D eigenvalue weighted by atomic mass is 35.5. The summed E-state index contributed by atoms with van der Waals surface area (Å²) >= 11 is 6.35. The van der Waals surface area contributed by atoms with Gasteiger partial charge >= 0.3 is 5.97 Å². The zero-order valence-corrected chi connectivity index (χ0v) is 11.7. The summed E-state index contributed by atoms with van der Waals surface area (Å²) in [7, 11) is 0. The van der Waals surface area contributed by atoms with Gasteiger partial charge in [0.15, 0.2) is 5.69 Å². The van der Waals surface area contributed by atoms with Crippen LogP contribution < -0.4 is 0 Å². The third kappa shape index (κ3) is 2.27. The number of carboxylic acids is 1. The van der Waals surface area contributed by atoms with Crippen molar-refractivity contribution in [3.8, 4) is 11.3 Å². The zero-order chi connectivity index (χ0) is 14.3. The topological polar surface area (TPSA) is 63.1 Å². The summed E-state index contributed by atoms with van der Waals surface area (Å²) in [4.78, 5) is 18.7. The first-order chi connectivity index (χ1) is 9.49. The minimum atomic E-state index is -1.07. The number of carbonyl (C=O) groups is 1. The molecule has 1 aromatic carbocycles. The minimum Gasteiger partial charge on any atom is -0.477 e. The highest BCUT2D eigenvalue weighted by Crippen LogP contribution is 2.50. The summed E-state index contributed by atoms with van der Waals surface area (Å²) in [6.45, 7) is 2.20. The van der Waals surface area contributed by atoms with Gasteiger partial charge in [-0.1, -0.05) is 30.7 Å². The molecule has 0 aliphatic heterocycles. The lowest BCUT2D eigenvalue weighted by atomic mass is 9.96. The number of carboxylic acid groups (broad SMARTS) is 1. The van der Waals surface area contributed by atoms with E-state index < -0.39 is 5.97 Å². The average molecular weight is 289 g/mol. The van der Waals surface area contributed by atoms with Gasteiger partial charge in [-0.05, 0) is 36.0 Å². The Balaban J connectivity index is 2.01. The molecule has 20 heavy (non-hydrogen) atoms. The van der Waals surface area contributed by atoms with Gasteiger partial charge in [0.2, 0.25) is 0 Å². The molecule has 1 N–H and O–H groups in total. The first-order valence-electron chi connectivity index (χ1n) is 6.35. The molecule has 5 heteroatoms. The average Bonchev–Trinajstić information content (AvgIpc) is 3.17. The molecule has 0 saturated heterocycles. The quantitative estimate of drug-likeness (QED) is 0.938. The van der Waals surface area contributed by atoms with Crippen molar-refractivity contribution in [1.29, 1.82) is 0 Å². The van der Waals surface area contributed by atoms with E-state index in [4.69, 9.17) is 16.7 Å². The van der Waals surface area contributed by atoms with Crippen molar-refractivity contribution in [3.05, 3.63) is 46.9 Å². The molecule has 0 atom stereocenters. The van der Waals surface area contributed by atoms with E-state index in [1.807, 2.05) is 18.2 Å². The van der Waals surface area contributed by atoms with Gasteiger partial charge in [0, 0.05) is 10.6 Å². The minimum absolute atomic E-state index is 0.0237. The van der Waals surface area contributed by atoms with Crippen LogP contribution in [-0.4, -0.2) is 21.0 Å². The standard InChI is InChI=1S/C15H13ClN2O2/c1-15(4-5-15)10-3-2-9(6-11(10)16)12-7-13(14(19)20)18-8-17-12/h2-3,6-8H,4-5H2,1H3,(H,19,20). The lowest BCUT2D eigenvalue weighted by Gasteiger charge is -2.12. The number of rotatable bonds is 3. The lowest BCUT2D eigenvalue weighted by molar-refractivity contribution is 0.0690. The lowest BCUT2D eigenvalue weighted by Crippen LogP contribution is -2.02. The molecule has 4 nitrogen and oxygen atoms in total. The molecule has 0 amide bonds. The molecule has 1 aliphatic carbocycles. The third-order valence-corrected chi connectivity index (χ3v) is 4.11. The van der Waals surface area contributed by atoms with Gasteiger partial charge < -0.3 is 5.11 Å². The van der Waals surface area contributed by atoms with E-state index >= 15 is 0 Å². The fourth-order valence-corrected chi connectivity index (χ4v) is 2.66. The van der Waals surface area contributed by atoms with Crippen LogP contribution in [0.15, 0.2) is 30.6 Å². The second-order valence-corrected chi connectivity index (χ2v) is 5.76. The Labute approximate surface area is 121 Å². The van der Waals surface area contributed by atoms with Crippen molar-refractivity contribution in [2.75, 3.05) is 0 Å². The third-order valence-electron chi connectivity index (χ3n) is 3.80. The number of benzene rings is 1. The molecule has 1 fully saturated rings. The Morgan fingerprint density at radius 2 is 2.05 bits per heavy atom. The summed E-state index contributed by atoms with van der Waals surface area (Å²) in [6, 6.07) is 7.23. The molecule has 1 aromatic heterocycles. The van der Waals surface area contributed by atoms with Crippen LogP contribution in [0.2, 0.25) is 5.02 Å². The number of aromatic nitrogens is 2. The van der Waals surface area contributed by atoms with Gasteiger partial charge in [-0.25, -0.2) is 14.8 Å². The maximum Gasteiger partial charge on any atom is 0.354 e. The number of hydrogen-bond acceptors (Lipinski definition) is 3. The molecule has 0 radical (unpaired) electrons. The normalized spacial score (nSPS) is 15.9. The predicted octanol–water partition coefficient (Wildman–Crippen LogP) is 3.55. The highest BCUT2D eigenvalue weighted by Gasteiger charge is 2.40. The zero-order valence-electron chi connectivity index (χ0n) is 10.9. The fourth-order valence-electron chi connectivity index (χ4n) is 2.25. The Bertz CT molecular complexity index is 696.